The van der Waals surface area contributed by atoms with Crippen molar-refractivity contribution in [3.8, 4) is 0 Å². The summed E-state index contributed by atoms with van der Waals surface area (Å²) in [5, 5.41) is 14.8. The number of furan rings is 1. The Hall–Kier alpha value is -1.98. The van der Waals surface area contributed by atoms with Gasteiger partial charge in [-0.25, -0.2) is 4.79 Å². The fraction of sp³-hybridized carbons (Fsp3) is 0.600. The second kappa shape index (κ2) is 7.15. The Kier molecular flexibility index (Phi) is 5.25. The summed E-state index contributed by atoms with van der Waals surface area (Å²) in [6.45, 7) is 1.91. The molecule has 0 bridgehead atoms. The van der Waals surface area contributed by atoms with Crippen LogP contribution in [-0.2, 0) is 11.2 Å². The maximum Gasteiger partial charge on any atom is 0.315 e. The van der Waals surface area contributed by atoms with E-state index in [-0.39, 0.29) is 24.0 Å². The van der Waals surface area contributed by atoms with E-state index in [9.17, 15) is 9.59 Å². The molecule has 3 unspecified atom stereocenters. The monoisotopic (exact) mass is 294 g/mol. The van der Waals surface area contributed by atoms with Crippen LogP contribution in [0.1, 0.15) is 38.4 Å². The summed E-state index contributed by atoms with van der Waals surface area (Å²) < 4.78 is 5.24. The molecule has 116 valence electrons. The summed E-state index contributed by atoms with van der Waals surface area (Å²) >= 11 is 0. The maximum atomic E-state index is 11.9. The lowest BCUT2D eigenvalue weighted by molar-refractivity contribution is -0.143. The van der Waals surface area contributed by atoms with E-state index in [0.29, 0.717) is 19.3 Å². The van der Waals surface area contributed by atoms with E-state index in [1.807, 2.05) is 19.1 Å². The Bertz CT molecular complexity index is 472. The topological polar surface area (TPSA) is 91.6 Å². The first-order valence-electron chi connectivity index (χ1n) is 7.37. The zero-order chi connectivity index (χ0) is 15.2. The molecule has 6 nitrogen and oxygen atoms in total. The van der Waals surface area contributed by atoms with Gasteiger partial charge in [-0.1, -0.05) is 6.42 Å². The van der Waals surface area contributed by atoms with Crippen LogP contribution in [0, 0.1) is 5.92 Å². The molecule has 0 aliphatic heterocycles. The van der Waals surface area contributed by atoms with Gasteiger partial charge in [0.15, 0.2) is 0 Å². The van der Waals surface area contributed by atoms with E-state index in [1.165, 1.54) is 0 Å². The van der Waals surface area contributed by atoms with Crippen LogP contribution in [0.5, 0.6) is 0 Å². The van der Waals surface area contributed by atoms with Gasteiger partial charge in [0.1, 0.15) is 5.76 Å². The quantitative estimate of drug-likeness (QED) is 0.776. The number of carbonyl (C=O) groups excluding carboxylic acids is 1. The number of nitrogens with one attached hydrogen (secondary N) is 2. The van der Waals surface area contributed by atoms with Crippen molar-refractivity contribution in [2.45, 2.75) is 51.1 Å². The predicted octanol–water partition coefficient (Wildman–Crippen LogP) is 2.15. The highest BCUT2D eigenvalue weighted by atomic mass is 16.4. The molecule has 1 saturated carbocycles. The summed E-state index contributed by atoms with van der Waals surface area (Å²) in [6, 6.07) is 3.33. The Balaban J connectivity index is 1.74. The molecular formula is C15H22N2O4. The largest absolute Gasteiger partial charge is 0.481 e. The van der Waals surface area contributed by atoms with Crippen molar-refractivity contribution >= 4 is 12.0 Å². The maximum absolute atomic E-state index is 11.9. The van der Waals surface area contributed by atoms with E-state index in [2.05, 4.69) is 10.6 Å². The van der Waals surface area contributed by atoms with E-state index in [0.717, 1.165) is 18.6 Å². The molecule has 21 heavy (non-hydrogen) atoms. The lowest BCUT2D eigenvalue weighted by atomic mass is 9.86. The van der Waals surface area contributed by atoms with Crippen molar-refractivity contribution in [1.82, 2.24) is 10.6 Å². The van der Waals surface area contributed by atoms with Crippen LogP contribution in [0.4, 0.5) is 4.79 Å². The molecule has 2 amide bonds. The Morgan fingerprint density at radius 2 is 2.29 bits per heavy atom. The molecule has 1 aromatic rings. The molecule has 0 saturated heterocycles. The van der Waals surface area contributed by atoms with Gasteiger partial charge in [-0.05, 0) is 38.3 Å². The lowest BCUT2D eigenvalue weighted by Crippen LogP contribution is -2.47. The fourth-order valence-corrected chi connectivity index (χ4v) is 2.78. The number of hydrogen-bond acceptors (Lipinski definition) is 3. The molecule has 2 rings (SSSR count). The van der Waals surface area contributed by atoms with Crippen molar-refractivity contribution in [2.24, 2.45) is 5.92 Å². The fourth-order valence-electron chi connectivity index (χ4n) is 2.78. The van der Waals surface area contributed by atoms with Crippen LogP contribution in [0.2, 0.25) is 0 Å². The van der Waals surface area contributed by atoms with Crippen LogP contribution < -0.4 is 10.6 Å². The highest BCUT2D eigenvalue weighted by Gasteiger charge is 2.27. The summed E-state index contributed by atoms with van der Waals surface area (Å²) in [7, 11) is 0. The van der Waals surface area contributed by atoms with Crippen molar-refractivity contribution in [2.75, 3.05) is 0 Å². The van der Waals surface area contributed by atoms with Crippen molar-refractivity contribution in [1.29, 1.82) is 0 Å². The number of rotatable bonds is 5. The molecular weight excluding hydrogens is 272 g/mol. The Labute approximate surface area is 123 Å². The highest BCUT2D eigenvalue weighted by molar-refractivity contribution is 5.75. The minimum atomic E-state index is -0.770. The predicted molar refractivity (Wildman–Crippen MR) is 76.9 cm³/mol. The molecule has 0 spiro atoms. The Morgan fingerprint density at radius 3 is 2.95 bits per heavy atom. The first-order chi connectivity index (χ1) is 10.0. The molecule has 0 aromatic carbocycles. The smallest absolute Gasteiger partial charge is 0.315 e. The number of hydrogen-bond donors (Lipinski definition) is 3. The molecule has 1 heterocycles. The molecule has 1 aliphatic carbocycles. The second-order valence-corrected chi connectivity index (χ2v) is 5.70. The third kappa shape index (κ3) is 4.81. The van der Waals surface area contributed by atoms with Gasteiger partial charge in [0.25, 0.3) is 0 Å². The van der Waals surface area contributed by atoms with Gasteiger partial charge in [0.05, 0.1) is 12.2 Å². The van der Waals surface area contributed by atoms with Gasteiger partial charge in [-0.3, -0.25) is 4.79 Å². The van der Waals surface area contributed by atoms with Crippen molar-refractivity contribution < 1.29 is 19.1 Å². The van der Waals surface area contributed by atoms with Crippen LogP contribution >= 0.6 is 0 Å². The molecule has 3 N–H and O–H groups in total. The van der Waals surface area contributed by atoms with Crippen LogP contribution in [0.25, 0.3) is 0 Å². The molecule has 1 fully saturated rings. The normalized spacial score (nSPS) is 23.3. The van der Waals surface area contributed by atoms with Crippen molar-refractivity contribution in [3.63, 3.8) is 0 Å². The van der Waals surface area contributed by atoms with Crippen LogP contribution in [-0.4, -0.2) is 29.2 Å². The molecule has 1 aliphatic rings. The number of carboxylic acids is 1. The average molecular weight is 294 g/mol. The lowest BCUT2D eigenvalue weighted by Gasteiger charge is -2.28. The van der Waals surface area contributed by atoms with Gasteiger partial charge in [-0.2, -0.15) is 0 Å². The Morgan fingerprint density at radius 1 is 1.48 bits per heavy atom. The van der Waals surface area contributed by atoms with Crippen molar-refractivity contribution in [3.05, 3.63) is 24.2 Å². The third-order valence-electron chi connectivity index (χ3n) is 3.82. The minimum Gasteiger partial charge on any atom is -0.481 e. The number of aliphatic carboxylic acids is 1. The third-order valence-corrected chi connectivity index (χ3v) is 3.82. The van der Waals surface area contributed by atoms with Gasteiger partial charge >= 0.3 is 12.0 Å². The van der Waals surface area contributed by atoms with E-state index >= 15 is 0 Å². The number of carboxylic acid groups (broad SMARTS) is 1. The van der Waals surface area contributed by atoms with E-state index in [4.69, 9.17) is 9.52 Å². The molecule has 1 aromatic heterocycles. The van der Waals surface area contributed by atoms with Gasteiger partial charge < -0.3 is 20.2 Å². The first-order valence-corrected chi connectivity index (χ1v) is 7.37. The van der Waals surface area contributed by atoms with Crippen LogP contribution in [0.3, 0.4) is 0 Å². The van der Waals surface area contributed by atoms with Gasteiger partial charge in [-0.15, -0.1) is 0 Å². The van der Waals surface area contributed by atoms with Crippen LogP contribution in [0.15, 0.2) is 22.8 Å². The summed E-state index contributed by atoms with van der Waals surface area (Å²) in [5.41, 5.74) is 0. The summed E-state index contributed by atoms with van der Waals surface area (Å²) in [6.07, 6.45) is 5.12. The zero-order valence-electron chi connectivity index (χ0n) is 12.2. The number of urea groups is 1. The average Bonchev–Trinajstić information content (AvgIpc) is 2.91. The summed E-state index contributed by atoms with van der Waals surface area (Å²) in [4.78, 5) is 22.9. The second-order valence-electron chi connectivity index (χ2n) is 5.70. The summed E-state index contributed by atoms with van der Waals surface area (Å²) in [5.74, 6) is -0.288. The van der Waals surface area contributed by atoms with Gasteiger partial charge in [0.2, 0.25) is 0 Å². The van der Waals surface area contributed by atoms with E-state index < -0.39 is 5.97 Å². The minimum absolute atomic E-state index is 0.0463. The standard InChI is InChI=1S/C15H22N2O4/c1-10(8-13-6-3-7-21-13)16-15(20)17-12-5-2-4-11(9-12)14(18)19/h3,6-7,10-12H,2,4-5,8-9H2,1H3,(H,18,19)(H2,16,17,20). The van der Waals surface area contributed by atoms with E-state index in [1.54, 1.807) is 6.26 Å². The molecule has 3 atom stereocenters. The number of carbonyl (C=O) groups is 2. The molecule has 6 heteroatoms. The number of amides is 2. The zero-order valence-corrected chi connectivity index (χ0v) is 12.2. The highest BCUT2D eigenvalue weighted by Crippen LogP contribution is 2.24. The molecule has 0 radical (unpaired) electrons. The first kappa shape index (κ1) is 15.4. The van der Waals surface area contributed by atoms with Gasteiger partial charge in [0, 0.05) is 18.5 Å². The SMILES string of the molecule is CC(Cc1ccco1)NC(=O)NC1CCCC(C(=O)O)C1.